The monoisotopic (exact) mass is 357 g/mol. The highest BCUT2D eigenvalue weighted by molar-refractivity contribution is 6.30. The van der Waals surface area contributed by atoms with Gasteiger partial charge < -0.3 is 11.1 Å². The molecule has 130 valence electrons. The number of hydrogen-bond donors (Lipinski definition) is 2. The summed E-state index contributed by atoms with van der Waals surface area (Å²) >= 11 is 5.97. The van der Waals surface area contributed by atoms with Crippen molar-refractivity contribution in [1.82, 2.24) is 20.3 Å². The van der Waals surface area contributed by atoms with Gasteiger partial charge in [0.05, 0.1) is 24.5 Å². The molecular formula is C15H18ClF2N5O. The topological polar surface area (TPSA) is 85.8 Å². The van der Waals surface area contributed by atoms with Crippen LogP contribution in [0, 0.1) is 0 Å². The number of nitrogens with zero attached hydrogens (tertiary/aromatic N) is 3. The molecule has 0 spiro atoms. The molecule has 0 unspecified atom stereocenters. The zero-order valence-corrected chi connectivity index (χ0v) is 13.9. The number of rotatable bonds is 7. The van der Waals surface area contributed by atoms with Crippen molar-refractivity contribution in [3.05, 3.63) is 40.7 Å². The second kappa shape index (κ2) is 7.67. The smallest absolute Gasteiger partial charge is 0.277 e. The van der Waals surface area contributed by atoms with Crippen LogP contribution in [0.4, 0.5) is 8.78 Å². The third kappa shape index (κ3) is 4.27. The Balaban J connectivity index is 2.29. The first-order chi connectivity index (χ1) is 11.4. The van der Waals surface area contributed by atoms with Gasteiger partial charge in [-0.15, -0.1) is 5.10 Å². The van der Waals surface area contributed by atoms with Gasteiger partial charge in [0.25, 0.3) is 11.8 Å². The van der Waals surface area contributed by atoms with Crippen molar-refractivity contribution in [2.24, 2.45) is 5.73 Å². The van der Waals surface area contributed by atoms with Crippen LogP contribution in [0.25, 0.3) is 5.69 Å². The summed E-state index contributed by atoms with van der Waals surface area (Å²) in [6, 6.07) is 6.91. The van der Waals surface area contributed by atoms with Crippen molar-refractivity contribution in [2.45, 2.75) is 25.7 Å². The maximum Gasteiger partial charge on any atom is 0.277 e. The molecule has 1 aromatic heterocycles. The molecule has 0 bridgehead atoms. The fourth-order valence-corrected chi connectivity index (χ4v) is 2.30. The van der Waals surface area contributed by atoms with Crippen LogP contribution in [0.1, 0.15) is 29.5 Å². The number of aromatic nitrogens is 3. The molecule has 6 nitrogen and oxygen atoms in total. The van der Waals surface area contributed by atoms with Crippen LogP contribution in [-0.2, 0) is 6.42 Å². The average Bonchev–Trinajstić information content (AvgIpc) is 2.97. The lowest BCUT2D eigenvalue weighted by Gasteiger charge is -2.14. The molecule has 0 saturated heterocycles. The minimum Gasteiger partial charge on any atom is -0.344 e. The third-order valence-electron chi connectivity index (χ3n) is 3.32. The Bertz CT molecular complexity index is 720. The Morgan fingerprint density at radius 3 is 2.83 bits per heavy atom. The Labute approximate surface area is 143 Å². The fourth-order valence-electron chi connectivity index (χ4n) is 2.12. The van der Waals surface area contributed by atoms with Gasteiger partial charge in [-0.1, -0.05) is 36.2 Å². The molecule has 1 aromatic carbocycles. The van der Waals surface area contributed by atoms with E-state index in [1.807, 2.05) is 6.92 Å². The Kier molecular flexibility index (Phi) is 5.84. The quantitative estimate of drug-likeness (QED) is 0.795. The van der Waals surface area contributed by atoms with E-state index in [2.05, 4.69) is 15.6 Å². The van der Waals surface area contributed by atoms with Crippen LogP contribution in [0.15, 0.2) is 24.3 Å². The molecule has 24 heavy (non-hydrogen) atoms. The van der Waals surface area contributed by atoms with Crippen LogP contribution in [-0.4, -0.2) is 39.9 Å². The lowest BCUT2D eigenvalue weighted by Crippen LogP contribution is -2.41. The summed E-state index contributed by atoms with van der Waals surface area (Å²) in [7, 11) is 0. The van der Waals surface area contributed by atoms with Gasteiger partial charge in [-0.2, -0.15) is 0 Å². The zero-order chi connectivity index (χ0) is 17.7. The standard InChI is InChI=1S/C15H18ClF2N5O/c1-2-4-12-13(14(24)20-9-15(17,18)8-19)21-22-23(12)11-6-3-5-10(16)7-11/h3,5-7H,2,4,8-9,19H2,1H3,(H,20,24). The molecular weight excluding hydrogens is 340 g/mol. The van der Waals surface area contributed by atoms with E-state index in [0.29, 0.717) is 22.8 Å². The highest BCUT2D eigenvalue weighted by Crippen LogP contribution is 2.19. The molecule has 2 rings (SSSR count). The number of halogens is 3. The maximum absolute atomic E-state index is 13.2. The second-order valence-corrected chi connectivity index (χ2v) is 5.71. The first-order valence-corrected chi connectivity index (χ1v) is 7.82. The summed E-state index contributed by atoms with van der Waals surface area (Å²) in [6.07, 6.45) is 1.24. The van der Waals surface area contributed by atoms with Gasteiger partial charge in [0.1, 0.15) is 0 Å². The van der Waals surface area contributed by atoms with Gasteiger partial charge in [-0.05, 0) is 24.6 Å². The molecule has 0 saturated carbocycles. The summed E-state index contributed by atoms with van der Waals surface area (Å²) in [5.41, 5.74) is 6.15. The molecule has 0 aliphatic rings. The normalized spacial score (nSPS) is 11.5. The summed E-state index contributed by atoms with van der Waals surface area (Å²) < 4.78 is 27.9. The van der Waals surface area contributed by atoms with E-state index in [9.17, 15) is 13.6 Å². The fraction of sp³-hybridized carbons (Fsp3) is 0.400. The van der Waals surface area contributed by atoms with E-state index in [4.69, 9.17) is 17.3 Å². The summed E-state index contributed by atoms with van der Waals surface area (Å²) in [5.74, 6) is -3.87. The van der Waals surface area contributed by atoms with Crippen molar-refractivity contribution in [2.75, 3.05) is 13.1 Å². The molecule has 0 radical (unpaired) electrons. The van der Waals surface area contributed by atoms with Crippen LogP contribution >= 0.6 is 11.6 Å². The molecule has 0 aliphatic heterocycles. The highest BCUT2D eigenvalue weighted by Gasteiger charge is 2.29. The van der Waals surface area contributed by atoms with Crippen LogP contribution in [0.2, 0.25) is 5.02 Å². The van der Waals surface area contributed by atoms with E-state index < -0.39 is 24.9 Å². The van der Waals surface area contributed by atoms with Crippen LogP contribution in [0.5, 0.6) is 0 Å². The minimum absolute atomic E-state index is 0.0182. The molecule has 9 heteroatoms. The third-order valence-corrected chi connectivity index (χ3v) is 3.56. The zero-order valence-electron chi connectivity index (χ0n) is 13.1. The summed E-state index contributed by atoms with van der Waals surface area (Å²) in [6.45, 7) is 0.238. The molecule has 0 atom stereocenters. The van der Waals surface area contributed by atoms with Crippen molar-refractivity contribution in [3.8, 4) is 5.69 Å². The molecule has 3 N–H and O–H groups in total. The van der Waals surface area contributed by atoms with Gasteiger partial charge in [0.15, 0.2) is 5.69 Å². The molecule has 0 fully saturated rings. The highest BCUT2D eigenvalue weighted by atomic mass is 35.5. The van der Waals surface area contributed by atoms with E-state index in [0.717, 1.165) is 6.42 Å². The lowest BCUT2D eigenvalue weighted by molar-refractivity contribution is 0.0118. The first-order valence-electron chi connectivity index (χ1n) is 7.44. The Morgan fingerprint density at radius 1 is 1.46 bits per heavy atom. The van der Waals surface area contributed by atoms with Crippen molar-refractivity contribution in [1.29, 1.82) is 0 Å². The molecule has 2 aromatic rings. The molecule has 1 amide bonds. The SMILES string of the molecule is CCCc1c(C(=O)NCC(F)(F)CN)nnn1-c1cccc(Cl)c1. The van der Waals surface area contributed by atoms with Gasteiger partial charge in [0, 0.05) is 5.02 Å². The van der Waals surface area contributed by atoms with Gasteiger partial charge >= 0.3 is 0 Å². The van der Waals surface area contributed by atoms with E-state index in [-0.39, 0.29) is 5.69 Å². The van der Waals surface area contributed by atoms with E-state index >= 15 is 0 Å². The van der Waals surface area contributed by atoms with Gasteiger partial charge in [-0.3, -0.25) is 4.79 Å². The maximum atomic E-state index is 13.2. The second-order valence-electron chi connectivity index (χ2n) is 5.27. The number of carbonyl (C=O) groups is 1. The van der Waals surface area contributed by atoms with Crippen molar-refractivity contribution in [3.63, 3.8) is 0 Å². The number of alkyl halides is 2. The van der Waals surface area contributed by atoms with Crippen LogP contribution < -0.4 is 11.1 Å². The molecule has 0 aliphatic carbocycles. The van der Waals surface area contributed by atoms with Crippen molar-refractivity contribution >= 4 is 17.5 Å². The van der Waals surface area contributed by atoms with Gasteiger partial charge in [0.2, 0.25) is 0 Å². The number of nitrogens with one attached hydrogen (secondary N) is 1. The van der Waals surface area contributed by atoms with Crippen molar-refractivity contribution < 1.29 is 13.6 Å². The number of benzene rings is 1. The summed E-state index contributed by atoms with van der Waals surface area (Å²) in [5, 5.41) is 10.5. The first kappa shape index (κ1) is 18.3. The Hall–Kier alpha value is -2.06. The van der Waals surface area contributed by atoms with Gasteiger partial charge in [-0.25, -0.2) is 13.5 Å². The number of amides is 1. The summed E-state index contributed by atoms with van der Waals surface area (Å²) in [4.78, 5) is 12.2. The van der Waals surface area contributed by atoms with Crippen LogP contribution in [0.3, 0.4) is 0 Å². The largest absolute Gasteiger partial charge is 0.344 e. The number of carbonyl (C=O) groups excluding carboxylic acids is 1. The lowest BCUT2D eigenvalue weighted by atomic mass is 10.2. The average molecular weight is 358 g/mol. The number of nitrogens with two attached hydrogens (primary N) is 1. The predicted molar refractivity (Wildman–Crippen MR) is 86.7 cm³/mol. The minimum atomic E-state index is -3.16. The predicted octanol–water partition coefficient (Wildman–Crippen LogP) is 2.20. The van der Waals surface area contributed by atoms with E-state index in [1.54, 1.807) is 24.3 Å². The number of hydrogen-bond acceptors (Lipinski definition) is 4. The Morgan fingerprint density at radius 2 is 2.21 bits per heavy atom. The molecule has 1 heterocycles. The van der Waals surface area contributed by atoms with E-state index in [1.165, 1.54) is 4.68 Å².